The van der Waals surface area contributed by atoms with Gasteiger partial charge in [-0.3, -0.25) is 0 Å². The van der Waals surface area contributed by atoms with Crippen LogP contribution in [0.3, 0.4) is 0 Å². The van der Waals surface area contributed by atoms with Crippen molar-refractivity contribution in [1.82, 2.24) is 14.9 Å². The fourth-order valence-corrected chi connectivity index (χ4v) is 2.07. The van der Waals surface area contributed by atoms with Crippen LogP contribution < -0.4 is 5.32 Å². The molecule has 2 aromatic rings. The van der Waals surface area contributed by atoms with Crippen LogP contribution in [0.15, 0.2) is 18.2 Å². The fourth-order valence-electron chi connectivity index (χ4n) is 2.07. The molecule has 1 heterocycles. The number of nitrogens with one attached hydrogen (secondary N) is 1. The molecule has 1 aromatic carbocycles. The summed E-state index contributed by atoms with van der Waals surface area (Å²) in [5, 5.41) is 2.31. The number of hydrogen-bond acceptors (Lipinski definition) is 2. The van der Waals surface area contributed by atoms with Crippen LogP contribution in [0.1, 0.15) is 19.2 Å². The van der Waals surface area contributed by atoms with Crippen molar-refractivity contribution in [3.8, 4) is 0 Å². The molecule has 0 saturated heterocycles. The van der Waals surface area contributed by atoms with Crippen molar-refractivity contribution < 1.29 is 17.6 Å². The summed E-state index contributed by atoms with van der Waals surface area (Å²) in [7, 11) is 0. The number of hydrogen-bond donors (Lipinski definition) is 1. The van der Waals surface area contributed by atoms with Gasteiger partial charge < -0.3 is 9.88 Å². The van der Waals surface area contributed by atoms with E-state index in [9.17, 15) is 17.6 Å². The highest BCUT2D eigenvalue weighted by Crippen LogP contribution is 2.19. The molecule has 0 aliphatic rings. The predicted molar refractivity (Wildman–Crippen MR) is 67.7 cm³/mol. The van der Waals surface area contributed by atoms with Crippen molar-refractivity contribution in [3.63, 3.8) is 0 Å². The Bertz CT molecular complexity index is 589. The van der Waals surface area contributed by atoms with Crippen molar-refractivity contribution in [3.05, 3.63) is 29.8 Å². The summed E-state index contributed by atoms with van der Waals surface area (Å²) in [6, 6.07) is 4.17. The molecule has 0 unspecified atom stereocenters. The Labute approximate surface area is 113 Å². The highest BCUT2D eigenvalue weighted by molar-refractivity contribution is 5.76. The van der Waals surface area contributed by atoms with E-state index in [0.717, 1.165) is 6.42 Å². The van der Waals surface area contributed by atoms with Crippen molar-refractivity contribution in [2.45, 2.75) is 32.6 Å². The third kappa shape index (κ3) is 3.47. The highest BCUT2D eigenvalue weighted by Gasteiger charge is 2.26. The standard InChI is InChI=1S/C13H15F4N3/c1-2-5-20-11-6-9(14)3-4-10(11)19-12(20)7-18-8-13(15,16)17/h3-4,6,18H,2,5,7-8H2,1H3. The van der Waals surface area contributed by atoms with Gasteiger partial charge in [-0.05, 0) is 24.6 Å². The number of aryl methyl sites for hydroxylation is 1. The Morgan fingerprint density at radius 3 is 2.70 bits per heavy atom. The molecule has 0 fully saturated rings. The molecule has 2 rings (SSSR count). The van der Waals surface area contributed by atoms with E-state index in [1.165, 1.54) is 18.2 Å². The van der Waals surface area contributed by atoms with Crippen molar-refractivity contribution in [2.24, 2.45) is 0 Å². The lowest BCUT2D eigenvalue weighted by molar-refractivity contribution is -0.125. The predicted octanol–water partition coefficient (Wildman–Crippen LogP) is 3.24. The zero-order chi connectivity index (χ0) is 14.8. The SMILES string of the molecule is CCCn1c(CNCC(F)(F)F)nc2ccc(F)cc21. The van der Waals surface area contributed by atoms with Gasteiger partial charge in [-0.1, -0.05) is 6.92 Å². The second-order valence-corrected chi connectivity index (χ2v) is 4.53. The van der Waals surface area contributed by atoms with Crippen LogP contribution >= 0.6 is 0 Å². The number of rotatable bonds is 5. The Morgan fingerprint density at radius 2 is 2.05 bits per heavy atom. The zero-order valence-corrected chi connectivity index (χ0v) is 11.0. The fraction of sp³-hybridized carbons (Fsp3) is 0.462. The summed E-state index contributed by atoms with van der Waals surface area (Å²) >= 11 is 0. The van der Waals surface area contributed by atoms with Crippen LogP contribution in [0.25, 0.3) is 11.0 Å². The number of aromatic nitrogens is 2. The van der Waals surface area contributed by atoms with Crippen LogP contribution in [-0.2, 0) is 13.1 Å². The van der Waals surface area contributed by atoms with E-state index in [1.54, 1.807) is 4.57 Å². The molecule has 3 nitrogen and oxygen atoms in total. The maximum absolute atomic E-state index is 13.3. The summed E-state index contributed by atoms with van der Waals surface area (Å²) < 4.78 is 51.4. The van der Waals surface area contributed by atoms with E-state index in [1.807, 2.05) is 6.92 Å². The molecule has 0 bridgehead atoms. The first-order valence-electron chi connectivity index (χ1n) is 6.33. The van der Waals surface area contributed by atoms with Gasteiger partial charge in [0.25, 0.3) is 0 Å². The Morgan fingerprint density at radius 1 is 1.30 bits per heavy atom. The molecule has 1 aromatic heterocycles. The van der Waals surface area contributed by atoms with Crippen LogP contribution in [0.5, 0.6) is 0 Å². The van der Waals surface area contributed by atoms with Crippen LogP contribution in [0, 0.1) is 5.82 Å². The molecule has 20 heavy (non-hydrogen) atoms. The summed E-state index contributed by atoms with van der Waals surface area (Å²) in [5.74, 6) is 0.0984. The lowest BCUT2D eigenvalue weighted by Crippen LogP contribution is -2.29. The van der Waals surface area contributed by atoms with E-state index in [0.29, 0.717) is 23.4 Å². The molecule has 1 N–H and O–H groups in total. The van der Waals surface area contributed by atoms with Crippen molar-refractivity contribution in [1.29, 1.82) is 0 Å². The molecule has 0 saturated carbocycles. The summed E-state index contributed by atoms with van der Waals surface area (Å²) in [6.07, 6.45) is -3.47. The first kappa shape index (κ1) is 14.8. The van der Waals surface area contributed by atoms with E-state index < -0.39 is 12.7 Å². The molecule has 0 aliphatic carbocycles. The Kier molecular flexibility index (Phi) is 4.27. The molecule has 0 amide bonds. The molecule has 0 spiro atoms. The lowest BCUT2D eigenvalue weighted by Gasteiger charge is -2.10. The van der Waals surface area contributed by atoms with Crippen LogP contribution in [-0.4, -0.2) is 22.3 Å². The number of halogens is 4. The first-order valence-corrected chi connectivity index (χ1v) is 6.33. The molecule has 110 valence electrons. The number of imidazole rings is 1. The van der Waals surface area contributed by atoms with Gasteiger partial charge in [0.05, 0.1) is 24.1 Å². The maximum Gasteiger partial charge on any atom is 0.401 e. The minimum atomic E-state index is -4.26. The van der Waals surface area contributed by atoms with Gasteiger partial charge in [-0.15, -0.1) is 0 Å². The Balaban J connectivity index is 2.25. The average molecular weight is 289 g/mol. The maximum atomic E-state index is 13.3. The summed E-state index contributed by atoms with van der Waals surface area (Å²) in [5.41, 5.74) is 1.19. The van der Waals surface area contributed by atoms with Gasteiger partial charge in [-0.25, -0.2) is 9.37 Å². The minimum Gasteiger partial charge on any atom is -0.327 e. The van der Waals surface area contributed by atoms with Gasteiger partial charge in [0.1, 0.15) is 11.6 Å². The number of alkyl halides is 3. The third-order valence-electron chi connectivity index (χ3n) is 2.85. The second-order valence-electron chi connectivity index (χ2n) is 4.53. The molecule has 0 aliphatic heterocycles. The summed E-state index contributed by atoms with van der Waals surface area (Å²) in [4.78, 5) is 4.26. The monoisotopic (exact) mass is 289 g/mol. The Hall–Kier alpha value is -1.63. The van der Waals surface area contributed by atoms with Gasteiger partial charge in [0, 0.05) is 6.54 Å². The zero-order valence-electron chi connectivity index (χ0n) is 11.0. The van der Waals surface area contributed by atoms with Gasteiger partial charge in [0.15, 0.2) is 0 Å². The largest absolute Gasteiger partial charge is 0.401 e. The highest BCUT2D eigenvalue weighted by atomic mass is 19.4. The number of nitrogens with zero attached hydrogens (tertiary/aromatic N) is 2. The molecule has 7 heteroatoms. The van der Waals surface area contributed by atoms with E-state index in [2.05, 4.69) is 10.3 Å². The van der Waals surface area contributed by atoms with E-state index in [-0.39, 0.29) is 12.4 Å². The van der Waals surface area contributed by atoms with E-state index in [4.69, 9.17) is 0 Å². The lowest BCUT2D eigenvalue weighted by atomic mass is 10.3. The van der Waals surface area contributed by atoms with Crippen molar-refractivity contribution in [2.75, 3.05) is 6.54 Å². The first-order chi connectivity index (χ1) is 9.40. The normalized spacial score (nSPS) is 12.2. The number of benzene rings is 1. The summed E-state index contributed by atoms with van der Waals surface area (Å²) in [6.45, 7) is 1.45. The smallest absolute Gasteiger partial charge is 0.327 e. The minimum absolute atomic E-state index is 0.00416. The van der Waals surface area contributed by atoms with Crippen LogP contribution in [0.2, 0.25) is 0 Å². The molecule has 0 radical (unpaired) electrons. The van der Waals surface area contributed by atoms with Gasteiger partial charge in [0.2, 0.25) is 0 Å². The van der Waals surface area contributed by atoms with Crippen molar-refractivity contribution >= 4 is 11.0 Å². The van der Waals surface area contributed by atoms with Gasteiger partial charge in [-0.2, -0.15) is 13.2 Å². The molecular formula is C13H15F4N3. The van der Waals surface area contributed by atoms with Gasteiger partial charge >= 0.3 is 6.18 Å². The molecular weight excluding hydrogens is 274 g/mol. The number of fused-ring (bicyclic) bond motifs is 1. The molecule has 0 atom stereocenters. The third-order valence-corrected chi connectivity index (χ3v) is 2.85. The van der Waals surface area contributed by atoms with E-state index >= 15 is 0 Å². The second kappa shape index (κ2) is 5.78. The average Bonchev–Trinajstić information content (AvgIpc) is 2.66. The van der Waals surface area contributed by atoms with Crippen LogP contribution in [0.4, 0.5) is 17.6 Å². The topological polar surface area (TPSA) is 29.9 Å². The quantitative estimate of drug-likeness (QED) is 0.856.